The van der Waals surface area contributed by atoms with Gasteiger partial charge in [0.2, 0.25) is 0 Å². The minimum absolute atomic E-state index is 0. The standard InChI is InChI=1S/C19H42N.BrH.Ca.H3O4P.2H/c1-5-6-7-8-9-10-11-12-13-14-15-16-17-18-19-20(2,3)4;;;1-5(2,3)4;;/h5-19H2,1-4H3;1H;;(H3,1,2,3,4);;/q+1;;+2;;2*-1. The van der Waals surface area contributed by atoms with Gasteiger partial charge >= 0.3 is 45.6 Å². The summed E-state index contributed by atoms with van der Waals surface area (Å²) in [4.78, 5) is 21.6. The Kier molecular flexibility index (Phi) is 32.3. The Balaban J connectivity index is -0.000000131. The quantitative estimate of drug-likeness (QED) is 0.116. The van der Waals surface area contributed by atoms with E-state index in [9.17, 15) is 0 Å². The van der Waals surface area contributed by atoms with Crippen molar-refractivity contribution in [2.24, 2.45) is 0 Å². The summed E-state index contributed by atoms with van der Waals surface area (Å²) >= 11 is 0. The van der Waals surface area contributed by atoms with Crippen LogP contribution in [0.15, 0.2) is 0 Å². The van der Waals surface area contributed by atoms with E-state index in [0.29, 0.717) is 0 Å². The van der Waals surface area contributed by atoms with E-state index in [2.05, 4.69) is 28.1 Å². The van der Waals surface area contributed by atoms with Gasteiger partial charge in [0.05, 0.1) is 27.7 Å². The second-order valence-corrected chi connectivity index (χ2v) is 9.15. The first-order valence-corrected chi connectivity index (χ1v) is 11.7. The Labute approximate surface area is 212 Å². The fraction of sp³-hybridized carbons (Fsp3) is 1.00. The Morgan fingerprint density at radius 3 is 1.11 bits per heavy atom. The van der Waals surface area contributed by atoms with Crippen molar-refractivity contribution >= 4 is 62.5 Å². The van der Waals surface area contributed by atoms with Crippen molar-refractivity contribution in [2.75, 3.05) is 27.7 Å². The number of hydrogen-bond acceptors (Lipinski definition) is 1. The molecule has 0 atom stereocenters. The van der Waals surface area contributed by atoms with E-state index >= 15 is 0 Å². The molecule has 0 rings (SSSR count). The van der Waals surface area contributed by atoms with E-state index in [4.69, 9.17) is 19.2 Å². The van der Waals surface area contributed by atoms with Crippen molar-refractivity contribution in [3.63, 3.8) is 0 Å². The van der Waals surface area contributed by atoms with Gasteiger partial charge in [0, 0.05) is 0 Å². The van der Waals surface area contributed by atoms with E-state index in [1.54, 1.807) is 0 Å². The maximum atomic E-state index is 8.88. The smallest absolute Gasteiger partial charge is 1.00 e. The molecule has 0 aliphatic heterocycles. The molecule has 0 aliphatic rings. The second-order valence-electron chi connectivity index (χ2n) is 8.12. The van der Waals surface area contributed by atoms with Crippen molar-refractivity contribution < 1.29 is 26.6 Å². The summed E-state index contributed by atoms with van der Waals surface area (Å²) in [7, 11) is 2.24. The first-order chi connectivity index (χ1) is 11.6. The summed E-state index contributed by atoms with van der Waals surface area (Å²) in [6, 6.07) is 0. The molecule has 0 unspecified atom stereocenters. The van der Waals surface area contributed by atoms with Crippen molar-refractivity contribution in [1.29, 1.82) is 0 Å². The van der Waals surface area contributed by atoms with Crippen molar-refractivity contribution in [1.82, 2.24) is 0 Å². The van der Waals surface area contributed by atoms with Gasteiger partial charge in [-0.3, -0.25) is 0 Å². The van der Waals surface area contributed by atoms with Gasteiger partial charge < -0.3 is 22.0 Å². The van der Waals surface area contributed by atoms with Crippen molar-refractivity contribution in [2.45, 2.75) is 96.8 Å². The molecule has 0 saturated carbocycles. The summed E-state index contributed by atoms with van der Waals surface area (Å²) in [5.74, 6) is 0. The maximum absolute atomic E-state index is 8.88. The van der Waals surface area contributed by atoms with Crippen LogP contribution in [-0.4, -0.2) is 84.6 Å². The summed E-state index contributed by atoms with van der Waals surface area (Å²) in [5, 5.41) is 0. The SMILES string of the molecule is Br.CCCCCCCCCCCCCCCC[N+](C)(C)C.O=P(O)(O)O.[Ca+2].[H-].[H-]. The third-order valence-electron chi connectivity index (χ3n) is 4.18. The number of halogens is 1. The Morgan fingerprint density at radius 2 is 0.889 bits per heavy atom. The molecule has 8 heteroatoms. The summed E-state index contributed by atoms with van der Waals surface area (Å²) in [6.07, 6.45) is 20.4. The van der Waals surface area contributed by atoms with Crippen LogP contribution in [0.3, 0.4) is 0 Å². The molecule has 0 amide bonds. The van der Waals surface area contributed by atoms with Crippen molar-refractivity contribution in [3.05, 3.63) is 0 Å². The predicted octanol–water partition coefficient (Wildman–Crippen LogP) is 5.67. The summed E-state index contributed by atoms with van der Waals surface area (Å²) in [6.45, 7) is 3.63. The molecule has 0 radical (unpaired) electrons. The molecule has 0 aromatic carbocycles. The number of unbranched alkanes of at least 4 members (excludes halogenated alkanes) is 13. The van der Waals surface area contributed by atoms with Crippen LogP contribution in [0.5, 0.6) is 0 Å². The third kappa shape index (κ3) is 52.4. The van der Waals surface area contributed by atoms with E-state index in [0.717, 1.165) is 4.48 Å². The van der Waals surface area contributed by atoms with Gasteiger partial charge in [-0.2, -0.15) is 0 Å². The van der Waals surface area contributed by atoms with Crippen molar-refractivity contribution in [3.8, 4) is 0 Å². The largest absolute Gasteiger partial charge is 2.00 e. The van der Waals surface area contributed by atoms with Gasteiger partial charge in [-0.1, -0.05) is 84.0 Å². The molecule has 0 spiro atoms. The fourth-order valence-corrected chi connectivity index (χ4v) is 2.78. The number of nitrogens with zero attached hydrogens (tertiary/aromatic N) is 1. The van der Waals surface area contributed by atoms with Crippen LogP contribution in [0.1, 0.15) is 99.7 Å². The zero-order valence-corrected chi connectivity index (χ0v) is 23.2. The molecule has 0 aliphatic carbocycles. The summed E-state index contributed by atoms with van der Waals surface area (Å²) in [5.41, 5.74) is 0. The number of quaternary nitrogens is 1. The van der Waals surface area contributed by atoms with E-state index in [1.165, 1.54) is 96.4 Å². The molecule has 5 nitrogen and oxygen atoms in total. The van der Waals surface area contributed by atoms with E-state index in [1.807, 2.05) is 0 Å². The molecule has 0 fully saturated rings. The second kappa shape index (κ2) is 24.1. The molecule has 0 heterocycles. The molecular formula is C19H48BrCaNO4P+. The predicted molar refractivity (Wildman–Crippen MR) is 126 cm³/mol. The minimum atomic E-state index is -4.64. The number of rotatable bonds is 15. The molecule has 0 bridgehead atoms. The zero-order valence-electron chi connectivity index (χ0n) is 20.4. The average Bonchev–Trinajstić information content (AvgIpc) is 2.45. The zero-order chi connectivity index (χ0) is 19.6. The first kappa shape index (κ1) is 36.2. The Bertz CT molecular complexity index is 328. The topological polar surface area (TPSA) is 77.8 Å². The van der Waals surface area contributed by atoms with Gasteiger partial charge in [-0.15, -0.1) is 17.0 Å². The first-order valence-electron chi connectivity index (χ1n) is 10.1. The van der Waals surface area contributed by atoms with Gasteiger partial charge in [0.15, 0.2) is 0 Å². The molecule has 166 valence electrons. The number of hydrogen-bond donors (Lipinski definition) is 3. The van der Waals surface area contributed by atoms with Crippen LogP contribution in [-0.2, 0) is 4.57 Å². The molecule has 27 heavy (non-hydrogen) atoms. The maximum Gasteiger partial charge on any atom is 2.00 e. The van der Waals surface area contributed by atoms with Gasteiger partial charge in [-0.25, -0.2) is 4.57 Å². The average molecular weight is 506 g/mol. The monoisotopic (exact) mass is 504 g/mol. The van der Waals surface area contributed by atoms with Crippen LogP contribution in [0, 0.1) is 0 Å². The number of phosphoric acid groups is 1. The van der Waals surface area contributed by atoms with Gasteiger partial charge in [-0.05, 0) is 12.8 Å². The fourth-order valence-electron chi connectivity index (χ4n) is 2.78. The molecular weight excluding hydrogens is 457 g/mol. The van der Waals surface area contributed by atoms with Crippen LogP contribution >= 0.6 is 24.8 Å². The van der Waals surface area contributed by atoms with Gasteiger partial charge in [0.25, 0.3) is 0 Å². The van der Waals surface area contributed by atoms with Crippen LogP contribution in [0.25, 0.3) is 0 Å². The molecule has 3 N–H and O–H groups in total. The molecule has 0 saturated heterocycles. The minimum Gasteiger partial charge on any atom is -1.00 e. The van der Waals surface area contributed by atoms with E-state index < -0.39 is 7.82 Å². The van der Waals surface area contributed by atoms with Crippen LogP contribution in [0.2, 0.25) is 0 Å². The van der Waals surface area contributed by atoms with Crippen LogP contribution in [0.4, 0.5) is 0 Å². The molecule has 0 aromatic rings. The van der Waals surface area contributed by atoms with E-state index in [-0.39, 0.29) is 57.6 Å². The third-order valence-corrected chi connectivity index (χ3v) is 4.18. The van der Waals surface area contributed by atoms with Gasteiger partial charge in [0.1, 0.15) is 0 Å². The Hall–Kier alpha value is 1.81. The Morgan fingerprint density at radius 1 is 0.667 bits per heavy atom. The van der Waals surface area contributed by atoms with Crippen LogP contribution < -0.4 is 0 Å². The normalized spacial score (nSPS) is 11.1. The summed E-state index contributed by atoms with van der Waals surface area (Å²) < 4.78 is 10.0. The molecule has 0 aromatic heterocycles.